The fourth-order valence-electron chi connectivity index (χ4n) is 1.75. The van der Waals surface area contributed by atoms with Crippen molar-refractivity contribution in [2.75, 3.05) is 19.5 Å². The van der Waals surface area contributed by atoms with E-state index in [1.807, 2.05) is 6.92 Å². The highest BCUT2D eigenvalue weighted by molar-refractivity contribution is 7.08. The lowest BCUT2D eigenvalue weighted by Gasteiger charge is -2.12. The molecular weight excluding hydrogens is 314 g/mol. The zero-order chi connectivity index (χ0) is 15.4. The molecule has 0 spiro atoms. The Labute approximate surface area is 131 Å². The monoisotopic (exact) mass is 327 g/mol. The number of nitrogens with zero attached hydrogens (tertiary/aromatic N) is 2. The number of ether oxygens (including phenoxy) is 2. The van der Waals surface area contributed by atoms with Crippen molar-refractivity contribution in [3.05, 3.63) is 27.7 Å². The molecule has 6 nitrogen and oxygen atoms in total. The van der Waals surface area contributed by atoms with Crippen molar-refractivity contribution in [2.24, 2.45) is 0 Å². The van der Waals surface area contributed by atoms with E-state index in [9.17, 15) is 4.79 Å². The number of halogens is 1. The first-order valence-electron chi connectivity index (χ1n) is 6.14. The molecule has 0 bridgehead atoms. The van der Waals surface area contributed by atoms with E-state index in [4.69, 9.17) is 21.1 Å². The Kier molecular flexibility index (Phi) is 4.98. The van der Waals surface area contributed by atoms with Crippen LogP contribution in [0.5, 0.6) is 11.5 Å². The molecule has 0 aliphatic carbocycles. The molecule has 0 saturated heterocycles. The molecule has 1 amide bonds. The van der Waals surface area contributed by atoms with E-state index in [2.05, 4.69) is 14.9 Å². The molecule has 0 atom stereocenters. The summed E-state index contributed by atoms with van der Waals surface area (Å²) in [5, 5.41) is 7.05. The van der Waals surface area contributed by atoms with Crippen LogP contribution in [-0.2, 0) is 6.42 Å². The van der Waals surface area contributed by atoms with Crippen LogP contribution < -0.4 is 14.8 Å². The molecule has 0 unspecified atom stereocenters. The van der Waals surface area contributed by atoms with Crippen molar-refractivity contribution >= 4 is 34.7 Å². The standard InChI is InChI=1S/C13H14ClN3O3S/c1-4-8-12(21-17-16-8)13(18)15-9-5-7(14)10(19-2)6-11(9)20-3/h5-6H,4H2,1-3H3,(H,15,18). The quantitative estimate of drug-likeness (QED) is 0.913. The molecule has 1 N–H and O–H groups in total. The van der Waals surface area contributed by atoms with Gasteiger partial charge in [-0.2, -0.15) is 0 Å². The number of anilines is 1. The van der Waals surface area contributed by atoms with Gasteiger partial charge < -0.3 is 14.8 Å². The Balaban J connectivity index is 2.31. The van der Waals surface area contributed by atoms with Crippen molar-refractivity contribution in [1.82, 2.24) is 9.59 Å². The van der Waals surface area contributed by atoms with E-state index in [-0.39, 0.29) is 5.91 Å². The van der Waals surface area contributed by atoms with E-state index in [1.165, 1.54) is 14.2 Å². The van der Waals surface area contributed by atoms with Gasteiger partial charge in [-0.25, -0.2) is 0 Å². The van der Waals surface area contributed by atoms with Gasteiger partial charge in [-0.1, -0.05) is 23.0 Å². The average Bonchev–Trinajstić information content (AvgIpc) is 2.96. The Morgan fingerprint density at radius 2 is 2.05 bits per heavy atom. The van der Waals surface area contributed by atoms with Gasteiger partial charge in [0.25, 0.3) is 5.91 Å². The molecule has 1 aromatic carbocycles. The molecular formula is C13H14ClN3O3S. The number of carbonyl (C=O) groups is 1. The number of rotatable bonds is 5. The summed E-state index contributed by atoms with van der Waals surface area (Å²) in [7, 11) is 3.01. The third-order valence-corrected chi connectivity index (χ3v) is 3.88. The van der Waals surface area contributed by atoms with Gasteiger partial charge in [0.15, 0.2) is 0 Å². The maximum atomic E-state index is 12.3. The Morgan fingerprint density at radius 1 is 1.33 bits per heavy atom. The van der Waals surface area contributed by atoms with Gasteiger partial charge in [0.1, 0.15) is 16.4 Å². The fraction of sp³-hybridized carbons (Fsp3) is 0.308. The van der Waals surface area contributed by atoms with Gasteiger partial charge in [-0.3, -0.25) is 4.79 Å². The Bertz CT molecular complexity index is 660. The number of amides is 1. The van der Waals surface area contributed by atoms with E-state index in [0.29, 0.717) is 39.2 Å². The van der Waals surface area contributed by atoms with E-state index >= 15 is 0 Å². The minimum atomic E-state index is -0.290. The summed E-state index contributed by atoms with van der Waals surface area (Å²) in [6.07, 6.45) is 0.639. The topological polar surface area (TPSA) is 73.3 Å². The van der Waals surface area contributed by atoms with Crippen LogP contribution in [-0.4, -0.2) is 29.7 Å². The predicted octanol–water partition coefficient (Wildman–Crippen LogP) is 3.02. The summed E-state index contributed by atoms with van der Waals surface area (Å²) in [5.41, 5.74) is 1.12. The number of nitrogens with one attached hydrogen (secondary N) is 1. The van der Waals surface area contributed by atoms with Gasteiger partial charge in [-0.05, 0) is 24.0 Å². The lowest BCUT2D eigenvalue weighted by atomic mass is 10.2. The molecule has 0 radical (unpaired) electrons. The van der Waals surface area contributed by atoms with E-state index in [0.717, 1.165) is 11.5 Å². The van der Waals surface area contributed by atoms with E-state index < -0.39 is 0 Å². The van der Waals surface area contributed by atoms with Crippen LogP contribution in [0, 0.1) is 0 Å². The highest BCUT2D eigenvalue weighted by Crippen LogP contribution is 2.36. The second-order valence-corrected chi connectivity index (χ2v) is 5.20. The van der Waals surface area contributed by atoms with Crippen molar-refractivity contribution in [3.8, 4) is 11.5 Å². The van der Waals surface area contributed by atoms with Crippen LogP contribution in [0.2, 0.25) is 5.02 Å². The van der Waals surface area contributed by atoms with Crippen molar-refractivity contribution < 1.29 is 14.3 Å². The van der Waals surface area contributed by atoms with Crippen LogP contribution >= 0.6 is 23.1 Å². The van der Waals surface area contributed by atoms with Crippen LogP contribution in [0.25, 0.3) is 0 Å². The molecule has 1 aromatic heterocycles. The van der Waals surface area contributed by atoms with Gasteiger partial charge in [0.05, 0.1) is 30.6 Å². The molecule has 112 valence electrons. The van der Waals surface area contributed by atoms with Crippen molar-refractivity contribution in [1.29, 1.82) is 0 Å². The smallest absolute Gasteiger partial charge is 0.269 e. The third kappa shape index (κ3) is 3.25. The Morgan fingerprint density at radius 3 is 2.67 bits per heavy atom. The number of benzene rings is 1. The molecule has 0 aliphatic rings. The predicted molar refractivity (Wildman–Crippen MR) is 81.8 cm³/mol. The summed E-state index contributed by atoms with van der Waals surface area (Å²) in [5.74, 6) is 0.640. The van der Waals surface area contributed by atoms with Gasteiger partial charge in [0, 0.05) is 6.07 Å². The fourth-order valence-corrected chi connectivity index (χ4v) is 2.64. The number of hydrogen-bond acceptors (Lipinski definition) is 6. The summed E-state index contributed by atoms with van der Waals surface area (Å²) in [4.78, 5) is 12.8. The first-order chi connectivity index (χ1) is 10.1. The molecule has 0 fully saturated rings. The summed E-state index contributed by atoms with van der Waals surface area (Å²) < 4.78 is 14.1. The van der Waals surface area contributed by atoms with Gasteiger partial charge in [-0.15, -0.1) is 5.10 Å². The highest BCUT2D eigenvalue weighted by atomic mass is 35.5. The maximum Gasteiger partial charge on any atom is 0.269 e. The summed E-state index contributed by atoms with van der Waals surface area (Å²) in [6.45, 7) is 1.92. The first kappa shape index (κ1) is 15.5. The minimum absolute atomic E-state index is 0.290. The zero-order valence-electron chi connectivity index (χ0n) is 11.8. The zero-order valence-corrected chi connectivity index (χ0v) is 13.3. The molecule has 21 heavy (non-hydrogen) atoms. The maximum absolute atomic E-state index is 12.3. The number of aromatic nitrogens is 2. The average molecular weight is 328 g/mol. The second-order valence-electron chi connectivity index (χ2n) is 4.04. The van der Waals surface area contributed by atoms with E-state index in [1.54, 1.807) is 12.1 Å². The second kappa shape index (κ2) is 6.73. The minimum Gasteiger partial charge on any atom is -0.495 e. The highest BCUT2D eigenvalue weighted by Gasteiger charge is 2.18. The number of carbonyl (C=O) groups excluding carboxylic acids is 1. The van der Waals surface area contributed by atoms with Gasteiger partial charge >= 0.3 is 0 Å². The number of methoxy groups -OCH3 is 2. The molecule has 0 saturated carbocycles. The van der Waals surface area contributed by atoms with Crippen LogP contribution in [0.15, 0.2) is 12.1 Å². The normalized spacial score (nSPS) is 10.3. The summed E-state index contributed by atoms with van der Waals surface area (Å²) in [6, 6.07) is 3.20. The lowest BCUT2D eigenvalue weighted by molar-refractivity contribution is 0.102. The number of hydrogen-bond donors (Lipinski definition) is 1. The Hall–Kier alpha value is -1.86. The van der Waals surface area contributed by atoms with Crippen LogP contribution in [0.4, 0.5) is 5.69 Å². The van der Waals surface area contributed by atoms with Crippen LogP contribution in [0.1, 0.15) is 22.3 Å². The largest absolute Gasteiger partial charge is 0.495 e. The third-order valence-electron chi connectivity index (χ3n) is 2.82. The number of aryl methyl sites for hydroxylation is 1. The van der Waals surface area contributed by atoms with Gasteiger partial charge in [0.2, 0.25) is 0 Å². The molecule has 8 heteroatoms. The molecule has 2 rings (SSSR count). The lowest BCUT2D eigenvalue weighted by Crippen LogP contribution is -2.13. The molecule has 2 aromatic rings. The molecule has 1 heterocycles. The summed E-state index contributed by atoms with van der Waals surface area (Å²) >= 11 is 7.13. The first-order valence-corrected chi connectivity index (χ1v) is 7.29. The molecule has 0 aliphatic heterocycles. The van der Waals surface area contributed by atoms with Crippen LogP contribution in [0.3, 0.4) is 0 Å². The van der Waals surface area contributed by atoms with Crippen molar-refractivity contribution in [2.45, 2.75) is 13.3 Å². The van der Waals surface area contributed by atoms with Crippen molar-refractivity contribution in [3.63, 3.8) is 0 Å². The SMILES string of the molecule is CCc1nnsc1C(=O)Nc1cc(Cl)c(OC)cc1OC.